The van der Waals surface area contributed by atoms with Crippen LogP contribution in [-0.2, 0) is 4.79 Å². The Morgan fingerprint density at radius 2 is 1.85 bits per heavy atom. The molecule has 74 valence electrons. The van der Waals surface area contributed by atoms with E-state index in [0.29, 0.717) is 5.92 Å². The molecule has 1 heterocycles. The largest absolute Gasteiger partial charge is 0.307 e. The second-order valence-electron chi connectivity index (χ2n) is 4.47. The maximum Gasteiger partial charge on any atom is 0.137 e. The molecule has 0 aromatic carbocycles. The fourth-order valence-corrected chi connectivity index (χ4v) is 2.99. The van der Waals surface area contributed by atoms with Crippen LogP contribution < -0.4 is 5.32 Å². The Morgan fingerprint density at radius 3 is 2.54 bits per heavy atom. The molecule has 1 saturated heterocycles. The molecule has 1 N–H and O–H groups in total. The highest BCUT2D eigenvalue weighted by atomic mass is 16.1. The van der Waals surface area contributed by atoms with Gasteiger partial charge in [-0.3, -0.25) is 0 Å². The Hall–Kier alpha value is -0.370. The maximum absolute atomic E-state index is 10.8. The SMILES string of the molecule is O=CC1NCCC1C1CCCCC1. The van der Waals surface area contributed by atoms with Crippen molar-refractivity contribution in [2.75, 3.05) is 6.54 Å². The Kier molecular flexibility index (Phi) is 2.99. The van der Waals surface area contributed by atoms with Gasteiger partial charge in [0.15, 0.2) is 0 Å². The number of carbonyl (C=O) groups is 1. The highest BCUT2D eigenvalue weighted by molar-refractivity contribution is 5.58. The monoisotopic (exact) mass is 181 g/mol. The molecule has 2 unspecified atom stereocenters. The van der Waals surface area contributed by atoms with Crippen molar-refractivity contribution in [2.24, 2.45) is 11.8 Å². The lowest BCUT2D eigenvalue weighted by atomic mass is 9.77. The normalized spacial score (nSPS) is 36.3. The van der Waals surface area contributed by atoms with Crippen molar-refractivity contribution in [1.29, 1.82) is 0 Å². The van der Waals surface area contributed by atoms with Crippen molar-refractivity contribution in [3.8, 4) is 0 Å². The van der Waals surface area contributed by atoms with E-state index in [0.717, 1.165) is 18.7 Å². The zero-order valence-electron chi connectivity index (χ0n) is 8.17. The van der Waals surface area contributed by atoms with Gasteiger partial charge in [0.05, 0.1) is 6.04 Å². The molecule has 2 heteroatoms. The summed E-state index contributed by atoms with van der Waals surface area (Å²) in [7, 11) is 0. The molecule has 0 radical (unpaired) electrons. The van der Waals surface area contributed by atoms with Gasteiger partial charge >= 0.3 is 0 Å². The molecular formula is C11H19NO. The van der Waals surface area contributed by atoms with Crippen molar-refractivity contribution in [3.05, 3.63) is 0 Å². The minimum Gasteiger partial charge on any atom is -0.307 e. The van der Waals surface area contributed by atoms with E-state index in [-0.39, 0.29) is 6.04 Å². The lowest BCUT2D eigenvalue weighted by molar-refractivity contribution is -0.110. The average molecular weight is 181 g/mol. The Bertz CT molecular complexity index is 175. The highest BCUT2D eigenvalue weighted by Gasteiger charge is 2.33. The van der Waals surface area contributed by atoms with Gasteiger partial charge in [0, 0.05) is 0 Å². The fourth-order valence-electron chi connectivity index (χ4n) is 2.99. The van der Waals surface area contributed by atoms with Gasteiger partial charge in [0.2, 0.25) is 0 Å². The fraction of sp³-hybridized carbons (Fsp3) is 0.909. The molecule has 2 fully saturated rings. The summed E-state index contributed by atoms with van der Waals surface area (Å²) in [6, 6.07) is 0.170. The van der Waals surface area contributed by atoms with Crippen LogP contribution in [0.5, 0.6) is 0 Å². The number of nitrogens with one attached hydrogen (secondary N) is 1. The van der Waals surface area contributed by atoms with E-state index in [9.17, 15) is 4.79 Å². The molecule has 0 spiro atoms. The predicted octanol–water partition coefficient (Wildman–Crippen LogP) is 1.74. The number of hydrogen-bond acceptors (Lipinski definition) is 2. The van der Waals surface area contributed by atoms with Gasteiger partial charge < -0.3 is 10.1 Å². The third-order valence-corrected chi connectivity index (χ3v) is 3.72. The topological polar surface area (TPSA) is 29.1 Å². The maximum atomic E-state index is 10.8. The van der Waals surface area contributed by atoms with Crippen molar-refractivity contribution >= 4 is 6.29 Å². The first-order valence-electron chi connectivity index (χ1n) is 5.60. The van der Waals surface area contributed by atoms with E-state index in [4.69, 9.17) is 0 Å². The third-order valence-electron chi connectivity index (χ3n) is 3.72. The van der Waals surface area contributed by atoms with E-state index in [1.165, 1.54) is 38.5 Å². The Labute approximate surface area is 80.1 Å². The number of carbonyl (C=O) groups excluding carboxylic acids is 1. The first kappa shape index (κ1) is 9.20. The summed E-state index contributed by atoms with van der Waals surface area (Å²) < 4.78 is 0. The van der Waals surface area contributed by atoms with Crippen LogP contribution in [0.25, 0.3) is 0 Å². The van der Waals surface area contributed by atoms with Gasteiger partial charge in [-0.05, 0) is 24.8 Å². The van der Waals surface area contributed by atoms with E-state index in [2.05, 4.69) is 5.32 Å². The molecule has 0 aromatic heterocycles. The summed E-state index contributed by atoms with van der Waals surface area (Å²) in [5.41, 5.74) is 0. The lowest BCUT2D eigenvalue weighted by Crippen LogP contribution is -2.33. The molecule has 0 aromatic rings. The first-order chi connectivity index (χ1) is 6.42. The predicted molar refractivity (Wildman–Crippen MR) is 52.5 cm³/mol. The molecule has 2 rings (SSSR count). The molecule has 2 nitrogen and oxygen atoms in total. The molecule has 0 bridgehead atoms. The van der Waals surface area contributed by atoms with Gasteiger partial charge in [-0.15, -0.1) is 0 Å². The van der Waals surface area contributed by atoms with E-state index < -0.39 is 0 Å². The molecule has 1 aliphatic heterocycles. The van der Waals surface area contributed by atoms with Crippen molar-refractivity contribution in [3.63, 3.8) is 0 Å². The minimum absolute atomic E-state index is 0.170. The zero-order valence-corrected chi connectivity index (χ0v) is 8.17. The van der Waals surface area contributed by atoms with Gasteiger partial charge in [-0.2, -0.15) is 0 Å². The zero-order chi connectivity index (χ0) is 9.10. The van der Waals surface area contributed by atoms with Crippen molar-refractivity contribution in [2.45, 2.75) is 44.6 Å². The van der Waals surface area contributed by atoms with Crippen molar-refractivity contribution in [1.82, 2.24) is 5.32 Å². The van der Waals surface area contributed by atoms with Crippen LogP contribution in [-0.4, -0.2) is 18.9 Å². The molecule has 13 heavy (non-hydrogen) atoms. The van der Waals surface area contributed by atoms with Crippen LogP contribution in [0.1, 0.15) is 38.5 Å². The average Bonchev–Trinajstić information content (AvgIpc) is 2.67. The quantitative estimate of drug-likeness (QED) is 0.657. The van der Waals surface area contributed by atoms with Crippen LogP contribution in [0.2, 0.25) is 0 Å². The smallest absolute Gasteiger partial charge is 0.137 e. The standard InChI is InChI=1S/C11H19NO/c13-8-11-10(6-7-12-11)9-4-2-1-3-5-9/h8-12H,1-7H2. The minimum atomic E-state index is 0.170. The van der Waals surface area contributed by atoms with Gasteiger partial charge in [-0.1, -0.05) is 32.1 Å². The van der Waals surface area contributed by atoms with Gasteiger partial charge in [-0.25, -0.2) is 0 Å². The van der Waals surface area contributed by atoms with Crippen LogP contribution in [0.3, 0.4) is 0 Å². The molecule has 2 aliphatic rings. The molecule has 1 saturated carbocycles. The third kappa shape index (κ3) is 1.93. The summed E-state index contributed by atoms with van der Waals surface area (Å²) >= 11 is 0. The van der Waals surface area contributed by atoms with Crippen LogP contribution in [0, 0.1) is 11.8 Å². The Balaban J connectivity index is 1.93. The summed E-state index contributed by atoms with van der Waals surface area (Å²) in [5.74, 6) is 1.48. The summed E-state index contributed by atoms with van der Waals surface area (Å²) in [5, 5.41) is 3.29. The molecular weight excluding hydrogens is 162 g/mol. The van der Waals surface area contributed by atoms with Gasteiger partial charge in [0.1, 0.15) is 6.29 Å². The van der Waals surface area contributed by atoms with Crippen LogP contribution >= 0.6 is 0 Å². The second-order valence-corrected chi connectivity index (χ2v) is 4.47. The number of hydrogen-bond donors (Lipinski definition) is 1. The van der Waals surface area contributed by atoms with Gasteiger partial charge in [0.25, 0.3) is 0 Å². The Morgan fingerprint density at radius 1 is 1.08 bits per heavy atom. The van der Waals surface area contributed by atoms with Crippen LogP contribution in [0.4, 0.5) is 0 Å². The highest BCUT2D eigenvalue weighted by Crippen LogP contribution is 2.34. The second kappa shape index (κ2) is 4.23. The van der Waals surface area contributed by atoms with Crippen molar-refractivity contribution < 1.29 is 4.79 Å². The number of rotatable bonds is 2. The van der Waals surface area contributed by atoms with E-state index >= 15 is 0 Å². The summed E-state index contributed by atoms with van der Waals surface area (Å²) in [4.78, 5) is 10.8. The van der Waals surface area contributed by atoms with E-state index in [1.807, 2.05) is 0 Å². The van der Waals surface area contributed by atoms with Crippen LogP contribution in [0.15, 0.2) is 0 Å². The van der Waals surface area contributed by atoms with E-state index in [1.54, 1.807) is 0 Å². The molecule has 1 aliphatic carbocycles. The number of aldehydes is 1. The summed E-state index contributed by atoms with van der Waals surface area (Å²) in [6.45, 7) is 1.05. The molecule has 2 atom stereocenters. The first-order valence-corrected chi connectivity index (χ1v) is 5.60. The molecule has 0 amide bonds. The summed E-state index contributed by atoms with van der Waals surface area (Å²) in [6.07, 6.45) is 9.22. The lowest BCUT2D eigenvalue weighted by Gasteiger charge is -2.29.